The molecule has 24 heavy (non-hydrogen) atoms. The van der Waals surface area contributed by atoms with E-state index >= 15 is 0 Å². The van der Waals surface area contributed by atoms with Crippen molar-refractivity contribution in [2.75, 3.05) is 0 Å². The first kappa shape index (κ1) is 27.3. The average Bonchev–Trinajstić information content (AvgIpc) is 2.56. The van der Waals surface area contributed by atoms with Gasteiger partial charge in [-0.3, -0.25) is 4.98 Å². The van der Waals surface area contributed by atoms with Crippen LogP contribution in [0, 0.1) is 0 Å². The summed E-state index contributed by atoms with van der Waals surface area (Å²) < 4.78 is 0. The molecule has 0 fully saturated rings. The van der Waals surface area contributed by atoms with Gasteiger partial charge in [-0.25, -0.2) is 0 Å². The number of hydrogen-bond acceptors (Lipinski definition) is 1. The van der Waals surface area contributed by atoms with Crippen LogP contribution in [0.2, 0.25) is 0 Å². The van der Waals surface area contributed by atoms with E-state index in [0.717, 1.165) is 6.42 Å². The molecule has 0 unspecified atom stereocenters. The Kier molecular flexibility index (Phi) is 25.2. The number of aryl methyl sites for hydroxylation is 1. The van der Waals surface area contributed by atoms with Crippen molar-refractivity contribution < 1.29 is 63.8 Å². The van der Waals surface area contributed by atoms with Crippen LogP contribution in [0.4, 0.5) is 0 Å². The zero-order valence-electron chi connectivity index (χ0n) is 16.2. The standard InChI is InChI=1S/C21H37N.ClH.K/c1-2-3-4-5-6-7-8-9-10-11-12-13-14-15-18-21-19-16-17-20-22-21;;/h16-17,19-20H,2-15,18H2,1H3;1H;/q;;+1/p-1. The van der Waals surface area contributed by atoms with Gasteiger partial charge in [-0.1, -0.05) is 96.5 Å². The van der Waals surface area contributed by atoms with Crippen LogP contribution in [0.3, 0.4) is 0 Å². The molecule has 0 saturated heterocycles. The minimum Gasteiger partial charge on any atom is -1.00 e. The third kappa shape index (κ3) is 17.9. The average molecular weight is 378 g/mol. The van der Waals surface area contributed by atoms with Crippen LogP contribution < -0.4 is 63.8 Å². The summed E-state index contributed by atoms with van der Waals surface area (Å²) in [4.78, 5) is 4.38. The second-order valence-electron chi connectivity index (χ2n) is 6.67. The summed E-state index contributed by atoms with van der Waals surface area (Å²) in [6.07, 6.45) is 23.0. The molecule has 0 aliphatic carbocycles. The first-order valence-corrected chi connectivity index (χ1v) is 9.83. The van der Waals surface area contributed by atoms with Crippen LogP contribution in [0.25, 0.3) is 0 Å². The van der Waals surface area contributed by atoms with Gasteiger partial charge in [0.05, 0.1) is 0 Å². The Morgan fingerprint density at radius 2 is 1.12 bits per heavy atom. The van der Waals surface area contributed by atoms with E-state index < -0.39 is 0 Å². The summed E-state index contributed by atoms with van der Waals surface area (Å²) in [7, 11) is 0. The minimum atomic E-state index is 0. The van der Waals surface area contributed by atoms with Gasteiger partial charge in [0.15, 0.2) is 0 Å². The molecule has 0 aliphatic heterocycles. The molecule has 1 aromatic rings. The van der Waals surface area contributed by atoms with Crippen LogP contribution in [-0.4, -0.2) is 4.98 Å². The number of rotatable bonds is 15. The monoisotopic (exact) mass is 377 g/mol. The molecular formula is C21H37ClKN. The molecule has 0 saturated carbocycles. The topological polar surface area (TPSA) is 12.9 Å². The molecule has 0 N–H and O–H groups in total. The summed E-state index contributed by atoms with van der Waals surface area (Å²) in [6, 6.07) is 6.23. The first-order chi connectivity index (χ1) is 10.9. The van der Waals surface area contributed by atoms with Crippen molar-refractivity contribution in [3.05, 3.63) is 30.1 Å². The van der Waals surface area contributed by atoms with Crippen LogP contribution >= 0.6 is 0 Å². The molecule has 0 spiro atoms. The van der Waals surface area contributed by atoms with E-state index in [1.54, 1.807) is 0 Å². The van der Waals surface area contributed by atoms with Gasteiger partial charge < -0.3 is 12.4 Å². The second kappa shape index (κ2) is 22.1. The van der Waals surface area contributed by atoms with Gasteiger partial charge in [0, 0.05) is 11.9 Å². The fraction of sp³-hybridized carbons (Fsp3) is 0.762. The Morgan fingerprint density at radius 1 is 0.667 bits per heavy atom. The molecule has 1 rings (SSSR count). The molecule has 1 aromatic heterocycles. The maximum Gasteiger partial charge on any atom is 1.00 e. The van der Waals surface area contributed by atoms with Crippen LogP contribution in [-0.2, 0) is 6.42 Å². The molecule has 0 atom stereocenters. The summed E-state index contributed by atoms with van der Waals surface area (Å²) in [5.74, 6) is 0. The van der Waals surface area contributed by atoms with Crippen molar-refractivity contribution in [3.63, 3.8) is 0 Å². The maximum atomic E-state index is 4.38. The molecule has 1 heterocycles. The fourth-order valence-corrected chi connectivity index (χ4v) is 3.05. The minimum absolute atomic E-state index is 0. The Labute approximate surface area is 200 Å². The number of aromatic nitrogens is 1. The third-order valence-electron chi connectivity index (χ3n) is 4.51. The van der Waals surface area contributed by atoms with Gasteiger partial charge in [-0.05, 0) is 25.0 Å². The fourth-order valence-electron chi connectivity index (χ4n) is 3.05. The van der Waals surface area contributed by atoms with Gasteiger partial charge in [-0.15, -0.1) is 0 Å². The smallest absolute Gasteiger partial charge is 1.00 e. The summed E-state index contributed by atoms with van der Waals surface area (Å²) >= 11 is 0. The van der Waals surface area contributed by atoms with E-state index in [2.05, 4.69) is 24.0 Å². The number of hydrogen-bond donors (Lipinski definition) is 0. The van der Waals surface area contributed by atoms with Gasteiger partial charge in [0.2, 0.25) is 0 Å². The zero-order chi connectivity index (χ0) is 15.7. The molecular weight excluding hydrogens is 341 g/mol. The maximum absolute atomic E-state index is 4.38. The van der Waals surface area contributed by atoms with E-state index in [0.29, 0.717) is 0 Å². The van der Waals surface area contributed by atoms with Crippen molar-refractivity contribution in [1.29, 1.82) is 0 Å². The summed E-state index contributed by atoms with van der Waals surface area (Å²) in [6.45, 7) is 2.29. The van der Waals surface area contributed by atoms with E-state index in [1.807, 2.05) is 12.3 Å². The van der Waals surface area contributed by atoms with Crippen molar-refractivity contribution >= 4 is 0 Å². The van der Waals surface area contributed by atoms with E-state index in [9.17, 15) is 0 Å². The van der Waals surface area contributed by atoms with Gasteiger partial charge >= 0.3 is 51.4 Å². The van der Waals surface area contributed by atoms with Crippen molar-refractivity contribution in [3.8, 4) is 0 Å². The molecule has 134 valence electrons. The molecule has 0 bridgehead atoms. The molecule has 1 nitrogen and oxygen atoms in total. The predicted octanol–water partition coefficient (Wildman–Crippen LogP) is 1.11. The Morgan fingerprint density at radius 3 is 1.54 bits per heavy atom. The SMILES string of the molecule is CCCCCCCCCCCCCCCCc1ccccn1.[Cl-].[K+]. The second-order valence-corrected chi connectivity index (χ2v) is 6.67. The quantitative estimate of drug-likeness (QED) is 0.329. The van der Waals surface area contributed by atoms with Gasteiger partial charge in [0.25, 0.3) is 0 Å². The third-order valence-corrected chi connectivity index (χ3v) is 4.51. The number of nitrogens with zero attached hydrogens (tertiary/aromatic N) is 1. The molecule has 3 heteroatoms. The van der Waals surface area contributed by atoms with Crippen LogP contribution in [0.1, 0.15) is 103 Å². The largest absolute Gasteiger partial charge is 1.00 e. The summed E-state index contributed by atoms with van der Waals surface area (Å²) in [5, 5.41) is 0. The van der Waals surface area contributed by atoms with E-state index in [4.69, 9.17) is 0 Å². The van der Waals surface area contributed by atoms with Crippen molar-refractivity contribution in [2.45, 2.75) is 103 Å². The first-order valence-electron chi connectivity index (χ1n) is 9.83. The van der Waals surface area contributed by atoms with Crippen molar-refractivity contribution in [1.82, 2.24) is 4.98 Å². The van der Waals surface area contributed by atoms with Crippen LogP contribution in [0.5, 0.6) is 0 Å². The number of pyridine rings is 1. The van der Waals surface area contributed by atoms with Gasteiger partial charge in [0.1, 0.15) is 0 Å². The number of halogens is 1. The predicted molar refractivity (Wildman–Crippen MR) is 98.3 cm³/mol. The molecule has 0 aliphatic rings. The number of unbranched alkanes of at least 4 members (excludes halogenated alkanes) is 13. The molecule has 0 aromatic carbocycles. The van der Waals surface area contributed by atoms with Crippen molar-refractivity contribution in [2.24, 2.45) is 0 Å². The van der Waals surface area contributed by atoms with Crippen LogP contribution in [0.15, 0.2) is 24.4 Å². The van der Waals surface area contributed by atoms with E-state index in [1.165, 1.54) is 95.6 Å². The molecule has 0 radical (unpaired) electrons. The van der Waals surface area contributed by atoms with E-state index in [-0.39, 0.29) is 63.8 Å². The Hall–Kier alpha value is 1.08. The Balaban J connectivity index is 0. The molecule has 0 amide bonds. The normalized spacial score (nSPS) is 10.0. The summed E-state index contributed by atoms with van der Waals surface area (Å²) in [5.41, 5.74) is 1.25. The zero-order valence-corrected chi connectivity index (χ0v) is 20.1. The van der Waals surface area contributed by atoms with Gasteiger partial charge in [-0.2, -0.15) is 0 Å². The Bertz CT molecular complexity index is 332.